The molecule has 49 valence electrons. The molecule has 0 aromatic rings. The van der Waals surface area contributed by atoms with Crippen molar-refractivity contribution in [3.05, 3.63) is 12.7 Å². The summed E-state index contributed by atoms with van der Waals surface area (Å²) >= 11 is 0. The normalized spacial score (nSPS) is 8.56. The molecule has 0 spiro atoms. The summed E-state index contributed by atoms with van der Waals surface area (Å²) < 4.78 is 0. The standard InChI is InChI=1S/C7H9O2/c1-3-5-7(9)6(8)4-2/h1,4-5H2,2H3. The van der Waals surface area contributed by atoms with E-state index in [2.05, 4.69) is 12.7 Å². The fraction of sp³-hybridized carbons (Fsp3) is 0.429. The SMILES string of the molecule is C=[C]CC(=O)C(=O)CC. The van der Waals surface area contributed by atoms with Crippen LogP contribution in [0.15, 0.2) is 6.58 Å². The molecular weight excluding hydrogens is 116 g/mol. The fourth-order valence-electron chi connectivity index (χ4n) is 0.409. The molecule has 2 nitrogen and oxygen atoms in total. The number of rotatable bonds is 4. The third-order valence-electron chi connectivity index (χ3n) is 0.918. The van der Waals surface area contributed by atoms with E-state index in [0.717, 1.165) is 0 Å². The van der Waals surface area contributed by atoms with E-state index in [-0.39, 0.29) is 18.6 Å². The van der Waals surface area contributed by atoms with Gasteiger partial charge in [-0.3, -0.25) is 9.59 Å². The number of carbonyl (C=O) groups is 2. The summed E-state index contributed by atoms with van der Waals surface area (Å²) in [6.45, 7) is 4.88. The Morgan fingerprint density at radius 2 is 2.00 bits per heavy atom. The molecule has 0 aliphatic rings. The van der Waals surface area contributed by atoms with E-state index in [9.17, 15) is 9.59 Å². The Bertz CT molecular complexity index is 136. The van der Waals surface area contributed by atoms with Gasteiger partial charge in [0.2, 0.25) is 5.78 Å². The van der Waals surface area contributed by atoms with Gasteiger partial charge < -0.3 is 0 Å². The zero-order valence-corrected chi connectivity index (χ0v) is 5.44. The van der Waals surface area contributed by atoms with Crippen molar-refractivity contribution in [3.63, 3.8) is 0 Å². The molecule has 0 aliphatic carbocycles. The molecule has 0 saturated carbocycles. The van der Waals surface area contributed by atoms with Gasteiger partial charge >= 0.3 is 0 Å². The second-order valence-electron chi connectivity index (χ2n) is 1.63. The molecule has 0 amide bonds. The molecule has 0 heterocycles. The van der Waals surface area contributed by atoms with Crippen LogP contribution in [0.2, 0.25) is 0 Å². The van der Waals surface area contributed by atoms with Crippen molar-refractivity contribution >= 4 is 11.6 Å². The summed E-state index contributed by atoms with van der Waals surface area (Å²) in [6, 6.07) is 0. The smallest absolute Gasteiger partial charge is 0.202 e. The van der Waals surface area contributed by atoms with Gasteiger partial charge in [-0.25, -0.2) is 0 Å². The van der Waals surface area contributed by atoms with E-state index in [0.29, 0.717) is 0 Å². The minimum Gasteiger partial charge on any atom is -0.291 e. The first kappa shape index (κ1) is 8.08. The molecule has 0 atom stereocenters. The molecule has 0 saturated heterocycles. The van der Waals surface area contributed by atoms with Crippen LogP contribution in [0.25, 0.3) is 0 Å². The monoisotopic (exact) mass is 125 g/mol. The van der Waals surface area contributed by atoms with Crippen molar-refractivity contribution in [1.29, 1.82) is 0 Å². The van der Waals surface area contributed by atoms with Crippen LogP contribution in [0.1, 0.15) is 19.8 Å². The van der Waals surface area contributed by atoms with E-state index in [1.165, 1.54) is 0 Å². The number of allylic oxidation sites excluding steroid dienone is 1. The summed E-state index contributed by atoms with van der Waals surface area (Å²) in [7, 11) is 0. The predicted octanol–water partition coefficient (Wildman–Crippen LogP) is 0.914. The second kappa shape index (κ2) is 4.01. The third-order valence-corrected chi connectivity index (χ3v) is 0.918. The van der Waals surface area contributed by atoms with Gasteiger partial charge in [-0.15, -0.1) is 0 Å². The van der Waals surface area contributed by atoms with Crippen molar-refractivity contribution < 1.29 is 9.59 Å². The lowest BCUT2D eigenvalue weighted by atomic mass is 10.1. The van der Waals surface area contributed by atoms with E-state index in [1.807, 2.05) is 0 Å². The van der Waals surface area contributed by atoms with Crippen molar-refractivity contribution in [2.45, 2.75) is 19.8 Å². The zero-order valence-electron chi connectivity index (χ0n) is 5.44. The van der Waals surface area contributed by atoms with Gasteiger partial charge in [0.1, 0.15) is 0 Å². The summed E-state index contributed by atoms with van der Waals surface area (Å²) in [6.07, 6.45) is 2.69. The molecule has 0 rings (SSSR count). The quantitative estimate of drug-likeness (QED) is 0.523. The Hall–Kier alpha value is -0.920. The van der Waals surface area contributed by atoms with Gasteiger partial charge in [0.05, 0.1) is 0 Å². The fourth-order valence-corrected chi connectivity index (χ4v) is 0.409. The first-order chi connectivity index (χ1) is 4.22. The maximum absolute atomic E-state index is 10.5. The molecule has 1 radical (unpaired) electrons. The van der Waals surface area contributed by atoms with Gasteiger partial charge in [0.15, 0.2) is 5.78 Å². The molecular formula is C7H9O2. The summed E-state index contributed by atoms with van der Waals surface area (Å²) in [5.74, 6) is -0.737. The Morgan fingerprint density at radius 1 is 1.44 bits per heavy atom. The highest BCUT2D eigenvalue weighted by molar-refractivity contribution is 6.37. The average molecular weight is 125 g/mol. The van der Waals surface area contributed by atoms with Crippen molar-refractivity contribution in [3.8, 4) is 0 Å². The van der Waals surface area contributed by atoms with Gasteiger partial charge in [0, 0.05) is 12.8 Å². The summed E-state index contributed by atoms with van der Waals surface area (Å²) in [5.41, 5.74) is 0. The second-order valence-corrected chi connectivity index (χ2v) is 1.63. The minimum absolute atomic E-state index is 0.0483. The summed E-state index contributed by atoms with van der Waals surface area (Å²) in [4.78, 5) is 21.0. The lowest BCUT2D eigenvalue weighted by Gasteiger charge is -1.88. The van der Waals surface area contributed by atoms with E-state index in [4.69, 9.17) is 0 Å². The van der Waals surface area contributed by atoms with E-state index in [1.54, 1.807) is 6.92 Å². The number of carbonyl (C=O) groups excluding carboxylic acids is 2. The van der Waals surface area contributed by atoms with Crippen molar-refractivity contribution in [2.24, 2.45) is 0 Å². The minimum atomic E-state index is -0.396. The van der Waals surface area contributed by atoms with Gasteiger partial charge in [-0.1, -0.05) is 13.5 Å². The number of Topliss-reactive ketones (excluding diaryl/α,β-unsaturated/α-hetero) is 2. The highest BCUT2D eigenvalue weighted by Gasteiger charge is 2.07. The van der Waals surface area contributed by atoms with Crippen molar-refractivity contribution in [1.82, 2.24) is 0 Å². The molecule has 2 heteroatoms. The molecule has 0 bridgehead atoms. The van der Waals surface area contributed by atoms with E-state index >= 15 is 0 Å². The van der Waals surface area contributed by atoms with Crippen LogP contribution in [0.3, 0.4) is 0 Å². The van der Waals surface area contributed by atoms with Gasteiger partial charge in [0.25, 0.3) is 0 Å². The summed E-state index contributed by atoms with van der Waals surface area (Å²) in [5, 5.41) is 0. The van der Waals surface area contributed by atoms with E-state index < -0.39 is 5.78 Å². The molecule has 0 aliphatic heterocycles. The highest BCUT2D eigenvalue weighted by atomic mass is 16.2. The van der Waals surface area contributed by atoms with Crippen LogP contribution in [-0.4, -0.2) is 11.6 Å². The van der Waals surface area contributed by atoms with Crippen LogP contribution >= 0.6 is 0 Å². The van der Waals surface area contributed by atoms with Crippen LogP contribution in [-0.2, 0) is 9.59 Å². The first-order valence-corrected chi connectivity index (χ1v) is 2.78. The number of hydrogen-bond acceptors (Lipinski definition) is 2. The lowest BCUT2D eigenvalue weighted by Crippen LogP contribution is -2.10. The first-order valence-electron chi connectivity index (χ1n) is 2.78. The Kier molecular flexibility index (Phi) is 3.60. The van der Waals surface area contributed by atoms with Crippen LogP contribution in [0, 0.1) is 6.08 Å². The lowest BCUT2D eigenvalue weighted by molar-refractivity contribution is -0.135. The molecule has 0 aromatic carbocycles. The number of hydrogen-bond donors (Lipinski definition) is 0. The van der Waals surface area contributed by atoms with Crippen LogP contribution < -0.4 is 0 Å². The number of ketones is 2. The molecule has 0 N–H and O–H groups in total. The topological polar surface area (TPSA) is 34.1 Å². The highest BCUT2D eigenvalue weighted by Crippen LogP contribution is 1.88. The third kappa shape index (κ3) is 2.80. The largest absolute Gasteiger partial charge is 0.291 e. The molecule has 9 heavy (non-hydrogen) atoms. The Labute approximate surface area is 54.6 Å². The van der Waals surface area contributed by atoms with Crippen LogP contribution in [0.5, 0.6) is 0 Å². The van der Waals surface area contributed by atoms with Gasteiger partial charge in [-0.05, 0) is 6.08 Å². The van der Waals surface area contributed by atoms with Gasteiger partial charge in [-0.2, -0.15) is 0 Å². The zero-order chi connectivity index (χ0) is 7.28. The average Bonchev–Trinajstić information content (AvgIpc) is 1.87. The Morgan fingerprint density at radius 3 is 2.33 bits per heavy atom. The molecule has 0 unspecified atom stereocenters. The van der Waals surface area contributed by atoms with Crippen molar-refractivity contribution in [2.75, 3.05) is 0 Å². The van der Waals surface area contributed by atoms with Crippen LogP contribution in [0.4, 0.5) is 0 Å². The maximum atomic E-state index is 10.5. The molecule has 0 aromatic heterocycles. The Balaban J connectivity index is 3.73. The molecule has 0 fully saturated rings. The maximum Gasteiger partial charge on any atom is 0.202 e. The predicted molar refractivity (Wildman–Crippen MR) is 33.8 cm³/mol.